The van der Waals surface area contributed by atoms with E-state index >= 15 is 0 Å². The first-order valence-corrected chi connectivity index (χ1v) is 4.12. The van der Waals surface area contributed by atoms with Crippen molar-refractivity contribution in [1.82, 2.24) is 0 Å². The molecule has 0 radical (unpaired) electrons. The third kappa shape index (κ3) is 0.877. The summed E-state index contributed by atoms with van der Waals surface area (Å²) in [7, 11) is 0. The van der Waals surface area contributed by atoms with Gasteiger partial charge in [-0.1, -0.05) is 6.42 Å². The zero-order valence-corrected chi connectivity index (χ0v) is 5.84. The van der Waals surface area contributed by atoms with Crippen molar-refractivity contribution in [1.29, 1.82) is 0 Å². The van der Waals surface area contributed by atoms with Crippen molar-refractivity contribution >= 4 is 0 Å². The summed E-state index contributed by atoms with van der Waals surface area (Å²) in [5, 5.41) is 0. The van der Waals surface area contributed by atoms with Crippen molar-refractivity contribution in [2.24, 2.45) is 17.6 Å². The minimum absolute atomic E-state index is 0.559. The Labute approximate surface area is 56.6 Å². The Morgan fingerprint density at radius 2 is 1.78 bits per heavy atom. The lowest BCUT2D eigenvalue weighted by atomic mass is 9.86. The van der Waals surface area contributed by atoms with Gasteiger partial charge in [0.05, 0.1) is 0 Å². The molecule has 3 atom stereocenters. The minimum Gasteiger partial charge on any atom is -0.327 e. The lowest BCUT2D eigenvalue weighted by molar-refractivity contribution is 0.314. The summed E-state index contributed by atoms with van der Waals surface area (Å²) in [6.45, 7) is 0. The summed E-state index contributed by atoms with van der Waals surface area (Å²) >= 11 is 0. The summed E-state index contributed by atoms with van der Waals surface area (Å²) in [6, 6.07) is 0.559. The van der Waals surface area contributed by atoms with Crippen LogP contribution >= 0.6 is 0 Å². The van der Waals surface area contributed by atoms with Gasteiger partial charge in [0, 0.05) is 6.04 Å². The van der Waals surface area contributed by atoms with Crippen LogP contribution in [0.25, 0.3) is 0 Å². The zero-order valence-electron chi connectivity index (χ0n) is 5.84. The van der Waals surface area contributed by atoms with E-state index in [2.05, 4.69) is 0 Å². The Morgan fingerprint density at radius 3 is 2.56 bits per heavy atom. The van der Waals surface area contributed by atoms with Crippen LogP contribution in [0.15, 0.2) is 0 Å². The van der Waals surface area contributed by atoms with Crippen LogP contribution in [0.1, 0.15) is 32.1 Å². The summed E-state index contributed by atoms with van der Waals surface area (Å²) < 4.78 is 0. The molecule has 2 bridgehead atoms. The van der Waals surface area contributed by atoms with Crippen molar-refractivity contribution < 1.29 is 0 Å². The van der Waals surface area contributed by atoms with Gasteiger partial charge in [0.15, 0.2) is 0 Å². The van der Waals surface area contributed by atoms with E-state index in [-0.39, 0.29) is 0 Å². The molecule has 0 unspecified atom stereocenters. The van der Waals surface area contributed by atoms with Crippen molar-refractivity contribution in [3.8, 4) is 0 Å². The zero-order chi connectivity index (χ0) is 6.27. The average Bonchev–Trinajstić information content (AvgIpc) is 2.25. The normalized spacial score (nSPS) is 49.7. The Kier molecular flexibility index (Phi) is 1.26. The van der Waals surface area contributed by atoms with E-state index in [0.717, 1.165) is 11.8 Å². The van der Waals surface area contributed by atoms with Gasteiger partial charge < -0.3 is 5.73 Å². The highest BCUT2D eigenvalue weighted by Crippen LogP contribution is 2.40. The molecule has 2 fully saturated rings. The quantitative estimate of drug-likeness (QED) is 0.522. The molecule has 0 spiro atoms. The maximum absolute atomic E-state index is 5.92. The van der Waals surface area contributed by atoms with Crippen LogP contribution in [0, 0.1) is 11.8 Å². The fourth-order valence-corrected chi connectivity index (χ4v) is 2.43. The van der Waals surface area contributed by atoms with Crippen LogP contribution in [0.2, 0.25) is 0 Å². The van der Waals surface area contributed by atoms with E-state index in [9.17, 15) is 0 Å². The van der Waals surface area contributed by atoms with Gasteiger partial charge in [-0.15, -0.1) is 0 Å². The van der Waals surface area contributed by atoms with Gasteiger partial charge in [0.25, 0.3) is 0 Å². The molecule has 0 heterocycles. The number of fused-ring (bicyclic) bond motifs is 2. The van der Waals surface area contributed by atoms with Crippen LogP contribution in [0.5, 0.6) is 0 Å². The molecule has 0 aliphatic heterocycles. The van der Waals surface area contributed by atoms with Crippen molar-refractivity contribution in [2.45, 2.75) is 38.1 Å². The second kappa shape index (κ2) is 1.98. The summed E-state index contributed by atoms with van der Waals surface area (Å²) in [5.74, 6) is 1.97. The molecule has 0 aromatic rings. The highest BCUT2D eigenvalue weighted by molar-refractivity contribution is 4.88. The van der Waals surface area contributed by atoms with E-state index in [0.29, 0.717) is 6.04 Å². The SMILES string of the molecule is N[C@H]1CC[C@H]2CC[C@@H]1C2. The van der Waals surface area contributed by atoms with Gasteiger partial charge in [0.1, 0.15) is 0 Å². The maximum Gasteiger partial charge on any atom is 0.00673 e. The predicted octanol–water partition coefficient (Wildman–Crippen LogP) is 1.52. The number of hydrogen-bond donors (Lipinski definition) is 1. The molecule has 1 nitrogen and oxygen atoms in total. The average molecular weight is 125 g/mol. The number of hydrogen-bond acceptors (Lipinski definition) is 1. The molecule has 2 rings (SSSR count). The first-order chi connectivity index (χ1) is 4.36. The predicted molar refractivity (Wildman–Crippen MR) is 38.0 cm³/mol. The van der Waals surface area contributed by atoms with Gasteiger partial charge in [-0.25, -0.2) is 0 Å². The third-order valence-corrected chi connectivity index (χ3v) is 3.10. The van der Waals surface area contributed by atoms with Crippen LogP contribution in [-0.4, -0.2) is 6.04 Å². The molecular weight excluding hydrogens is 110 g/mol. The molecule has 2 saturated carbocycles. The molecule has 52 valence electrons. The molecule has 0 saturated heterocycles. The third-order valence-electron chi connectivity index (χ3n) is 3.10. The smallest absolute Gasteiger partial charge is 0.00673 e. The van der Waals surface area contributed by atoms with Gasteiger partial charge >= 0.3 is 0 Å². The van der Waals surface area contributed by atoms with E-state index < -0.39 is 0 Å². The molecule has 0 aromatic carbocycles. The second-order valence-corrected chi connectivity index (χ2v) is 3.68. The van der Waals surface area contributed by atoms with Gasteiger partial charge in [-0.05, 0) is 37.5 Å². The topological polar surface area (TPSA) is 26.0 Å². The molecule has 0 amide bonds. The molecule has 2 aliphatic carbocycles. The highest BCUT2D eigenvalue weighted by atomic mass is 14.7. The van der Waals surface area contributed by atoms with Crippen molar-refractivity contribution in [3.05, 3.63) is 0 Å². The first-order valence-electron chi connectivity index (χ1n) is 4.12. The fourth-order valence-electron chi connectivity index (χ4n) is 2.43. The Bertz CT molecular complexity index is 111. The molecule has 2 N–H and O–H groups in total. The fraction of sp³-hybridized carbons (Fsp3) is 1.00. The van der Waals surface area contributed by atoms with Gasteiger partial charge in [-0.2, -0.15) is 0 Å². The summed E-state index contributed by atoms with van der Waals surface area (Å²) in [5.41, 5.74) is 5.92. The first kappa shape index (κ1) is 5.72. The van der Waals surface area contributed by atoms with Gasteiger partial charge in [0.2, 0.25) is 0 Å². The Hall–Kier alpha value is -0.0400. The molecule has 1 heteroatoms. The van der Waals surface area contributed by atoms with Crippen molar-refractivity contribution in [3.63, 3.8) is 0 Å². The standard InChI is InChI=1S/C8H15N/c9-8-4-2-6-1-3-7(8)5-6/h6-8H,1-5,9H2/t6-,7-,8+/m1/s1. The van der Waals surface area contributed by atoms with Crippen LogP contribution < -0.4 is 5.73 Å². The van der Waals surface area contributed by atoms with E-state index in [1.54, 1.807) is 0 Å². The second-order valence-electron chi connectivity index (χ2n) is 3.68. The van der Waals surface area contributed by atoms with E-state index in [1.807, 2.05) is 0 Å². The number of nitrogens with two attached hydrogens (primary N) is 1. The Morgan fingerprint density at radius 1 is 1.00 bits per heavy atom. The largest absolute Gasteiger partial charge is 0.327 e. The van der Waals surface area contributed by atoms with Crippen molar-refractivity contribution in [2.75, 3.05) is 0 Å². The Balaban J connectivity index is 2.05. The van der Waals surface area contributed by atoms with Crippen LogP contribution in [0.4, 0.5) is 0 Å². The molecule has 2 aliphatic rings. The maximum atomic E-state index is 5.92. The monoisotopic (exact) mass is 125 g/mol. The van der Waals surface area contributed by atoms with E-state index in [1.165, 1.54) is 32.1 Å². The highest BCUT2D eigenvalue weighted by Gasteiger charge is 2.33. The molecule has 0 aromatic heterocycles. The van der Waals surface area contributed by atoms with E-state index in [4.69, 9.17) is 5.73 Å². The van der Waals surface area contributed by atoms with Crippen LogP contribution in [0.3, 0.4) is 0 Å². The minimum atomic E-state index is 0.559. The molecule has 9 heavy (non-hydrogen) atoms. The summed E-state index contributed by atoms with van der Waals surface area (Å²) in [6.07, 6.45) is 7.05. The lowest BCUT2D eigenvalue weighted by Crippen LogP contribution is -2.31. The summed E-state index contributed by atoms with van der Waals surface area (Å²) in [4.78, 5) is 0. The lowest BCUT2D eigenvalue weighted by Gasteiger charge is -2.24. The van der Waals surface area contributed by atoms with Gasteiger partial charge in [-0.3, -0.25) is 0 Å². The number of rotatable bonds is 0. The molecular formula is C8H15N. The van der Waals surface area contributed by atoms with Crippen LogP contribution in [-0.2, 0) is 0 Å².